The maximum absolute atomic E-state index is 13.6. The zero-order valence-corrected chi connectivity index (χ0v) is 21.4. The Balaban J connectivity index is 1.60. The number of ether oxygens (including phenoxy) is 1. The SMILES string of the molecule is O=C(CC1(COc2ccccc2)CCCN(S(=O)(=O)c2cc(Cl)ccc2Cl)C1)N1CCCCC1. The lowest BCUT2D eigenvalue weighted by Crippen LogP contribution is -2.51. The lowest BCUT2D eigenvalue weighted by molar-refractivity contribution is -0.136. The van der Waals surface area contributed by atoms with Crippen LogP contribution >= 0.6 is 23.2 Å². The number of nitrogens with zero attached hydrogens (tertiary/aromatic N) is 2. The first-order valence-corrected chi connectivity index (χ1v) is 13.9. The highest BCUT2D eigenvalue weighted by atomic mass is 35.5. The van der Waals surface area contributed by atoms with Crippen LogP contribution in [-0.2, 0) is 14.8 Å². The molecule has 2 aromatic rings. The van der Waals surface area contributed by atoms with E-state index in [1.807, 2.05) is 35.2 Å². The number of halogens is 2. The second kappa shape index (κ2) is 10.9. The van der Waals surface area contributed by atoms with Gasteiger partial charge in [0.2, 0.25) is 15.9 Å². The first-order chi connectivity index (χ1) is 16.3. The number of sulfonamides is 1. The summed E-state index contributed by atoms with van der Waals surface area (Å²) in [7, 11) is -3.89. The van der Waals surface area contributed by atoms with Crippen molar-refractivity contribution >= 4 is 39.1 Å². The third-order valence-corrected chi connectivity index (χ3v) is 9.22. The van der Waals surface area contributed by atoms with Crippen LogP contribution in [0.1, 0.15) is 38.5 Å². The van der Waals surface area contributed by atoms with Crippen molar-refractivity contribution in [3.8, 4) is 5.75 Å². The maximum Gasteiger partial charge on any atom is 0.244 e. The number of likely N-dealkylation sites (tertiary alicyclic amines) is 1. The monoisotopic (exact) mass is 524 g/mol. The van der Waals surface area contributed by atoms with Gasteiger partial charge in [-0.25, -0.2) is 8.42 Å². The van der Waals surface area contributed by atoms with Crippen LogP contribution < -0.4 is 4.74 Å². The van der Waals surface area contributed by atoms with Gasteiger partial charge in [0.15, 0.2) is 0 Å². The molecule has 0 saturated carbocycles. The molecule has 0 bridgehead atoms. The predicted octanol–water partition coefficient (Wildman–Crippen LogP) is 5.25. The minimum atomic E-state index is -3.89. The Morgan fingerprint density at radius 3 is 2.44 bits per heavy atom. The van der Waals surface area contributed by atoms with Gasteiger partial charge < -0.3 is 9.64 Å². The number of benzene rings is 2. The van der Waals surface area contributed by atoms with E-state index in [1.165, 1.54) is 16.4 Å². The summed E-state index contributed by atoms with van der Waals surface area (Å²) < 4.78 is 34.7. The largest absolute Gasteiger partial charge is 0.493 e. The van der Waals surface area contributed by atoms with Crippen LogP contribution in [0.25, 0.3) is 0 Å². The summed E-state index contributed by atoms with van der Waals surface area (Å²) in [5.74, 6) is 0.765. The number of para-hydroxylation sites is 1. The zero-order chi connectivity index (χ0) is 24.2. The summed E-state index contributed by atoms with van der Waals surface area (Å²) >= 11 is 12.3. The fraction of sp³-hybridized carbons (Fsp3) is 0.480. The molecule has 0 spiro atoms. The van der Waals surface area contributed by atoms with Crippen LogP contribution in [0.5, 0.6) is 5.75 Å². The van der Waals surface area contributed by atoms with Gasteiger partial charge in [-0.1, -0.05) is 41.4 Å². The van der Waals surface area contributed by atoms with Gasteiger partial charge in [-0.2, -0.15) is 4.31 Å². The van der Waals surface area contributed by atoms with Gasteiger partial charge in [-0.3, -0.25) is 4.79 Å². The molecular formula is C25H30Cl2N2O4S. The van der Waals surface area contributed by atoms with E-state index in [-0.39, 0.29) is 35.4 Å². The molecule has 2 saturated heterocycles. The maximum atomic E-state index is 13.6. The molecule has 2 fully saturated rings. The van der Waals surface area contributed by atoms with Crippen molar-refractivity contribution in [1.29, 1.82) is 0 Å². The van der Waals surface area contributed by atoms with E-state index in [1.54, 1.807) is 6.07 Å². The van der Waals surface area contributed by atoms with Gasteiger partial charge in [0, 0.05) is 43.0 Å². The van der Waals surface area contributed by atoms with Crippen molar-refractivity contribution in [1.82, 2.24) is 9.21 Å². The highest BCUT2D eigenvalue weighted by Crippen LogP contribution is 2.39. The fourth-order valence-electron chi connectivity index (χ4n) is 4.82. The molecule has 6 nitrogen and oxygen atoms in total. The number of hydrogen-bond donors (Lipinski definition) is 0. The molecule has 184 valence electrons. The predicted molar refractivity (Wildman–Crippen MR) is 134 cm³/mol. The lowest BCUT2D eigenvalue weighted by Gasteiger charge is -2.42. The van der Waals surface area contributed by atoms with Gasteiger partial charge in [-0.15, -0.1) is 0 Å². The van der Waals surface area contributed by atoms with E-state index >= 15 is 0 Å². The van der Waals surface area contributed by atoms with E-state index in [9.17, 15) is 13.2 Å². The third kappa shape index (κ3) is 5.88. The van der Waals surface area contributed by atoms with Crippen LogP contribution in [-0.4, -0.2) is 56.3 Å². The molecule has 1 atom stereocenters. The normalized spacial score (nSPS) is 21.9. The topological polar surface area (TPSA) is 66.9 Å². The highest BCUT2D eigenvalue weighted by Gasteiger charge is 2.43. The molecule has 0 aromatic heterocycles. The number of amides is 1. The van der Waals surface area contributed by atoms with Crippen LogP contribution in [0.4, 0.5) is 0 Å². The second-order valence-electron chi connectivity index (χ2n) is 9.24. The zero-order valence-electron chi connectivity index (χ0n) is 19.1. The van der Waals surface area contributed by atoms with Crippen molar-refractivity contribution in [2.45, 2.75) is 43.4 Å². The summed E-state index contributed by atoms with van der Waals surface area (Å²) in [5, 5.41) is 0.435. The Morgan fingerprint density at radius 2 is 1.71 bits per heavy atom. The van der Waals surface area contributed by atoms with Crippen molar-refractivity contribution in [3.63, 3.8) is 0 Å². The number of hydrogen-bond acceptors (Lipinski definition) is 4. The third-order valence-electron chi connectivity index (χ3n) is 6.66. The highest BCUT2D eigenvalue weighted by molar-refractivity contribution is 7.89. The second-order valence-corrected chi connectivity index (χ2v) is 12.0. The van der Waals surface area contributed by atoms with Crippen LogP contribution in [0, 0.1) is 5.41 Å². The Kier molecular flexibility index (Phi) is 8.08. The molecular weight excluding hydrogens is 495 g/mol. The number of carbonyl (C=O) groups excluding carboxylic acids is 1. The van der Waals surface area contributed by atoms with Crippen molar-refractivity contribution in [2.24, 2.45) is 5.41 Å². The van der Waals surface area contributed by atoms with E-state index < -0.39 is 15.4 Å². The average Bonchev–Trinajstić information content (AvgIpc) is 2.85. The summed E-state index contributed by atoms with van der Waals surface area (Å²) in [5.41, 5.74) is -0.638. The first kappa shape index (κ1) is 25.3. The molecule has 2 heterocycles. The van der Waals surface area contributed by atoms with Gasteiger partial charge in [-0.05, 0) is 62.4 Å². The summed E-state index contributed by atoms with van der Waals surface area (Å²) in [6.07, 6.45) is 4.73. The first-order valence-electron chi connectivity index (χ1n) is 11.7. The van der Waals surface area contributed by atoms with E-state index in [0.29, 0.717) is 30.2 Å². The van der Waals surface area contributed by atoms with E-state index in [2.05, 4.69) is 0 Å². The smallest absolute Gasteiger partial charge is 0.244 e. The van der Waals surface area contributed by atoms with Gasteiger partial charge in [0.25, 0.3) is 0 Å². The Hall–Kier alpha value is -1.80. The lowest BCUT2D eigenvalue weighted by atomic mass is 9.78. The average molecular weight is 525 g/mol. The molecule has 34 heavy (non-hydrogen) atoms. The van der Waals surface area contributed by atoms with Crippen LogP contribution in [0.2, 0.25) is 10.0 Å². The molecule has 9 heteroatoms. The molecule has 0 N–H and O–H groups in total. The van der Waals surface area contributed by atoms with E-state index in [4.69, 9.17) is 27.9 Å². The number of piperidine rings is 2. The van der Waals surface area contributed by atoms with Crippen molar-refractivity contribution < 1.29 is 17.9 Å². The van der Waals surface area contributed by atoms with Crippen molar-refractivity contribution in [3.05, 3.63) is 58.6 Å². The summed E-state index contributed by atoms with van der Waals surface area (Å²) in [4.78, 5) is 15.2. The Morgan fingerprint density at radius 1 is 0.971 bits per heavy atom. The van der Waals surface area contributed by atoms with E-state index in [0.717, 1.165) is 32.4 Å². The molecule has 1 unspecified atom stereocenters. The Bertz CT molecular complexity index is 1110. The van der Waals surface area contributed by atoms with Crippen molar-refractivity contribution in [2.75, 3.05) is 32.8 Å². The molecule has 2 aliphatic heterocycles. The molecule has 0 aliphatic carbocycles. The molecule has 0 radical (unpaired) electrons. The number of carbonyl (C=O) groups is 1. The van der Waals surface area contributed by atoms with Gasteiger partial charge in [0.05, 0.1) is 11.6 Å². The van der Waals surface area contributed by atoms with Crippen LogP contribution in [0.3, 0.4) is 0 Å². The minimum Gasteiger partial charge on any atom is -0.493 e. The van der Waals surface area contributed by atoms with Crippen LogP contribution in [0.15, 0.2) is 53.4 Å². The standard InChI is InChI=1S/C25H30Cl2N2O4S/c26-20-10-11-22(27)23(16-20)34(31,32)29-15-7-12-25(18-29,19-33-21-8-3-1-4-9-21)17-24(30)28-13-5-2-6-14-28/h1,3-4,8-11,16H,2,5-7,12-15,17-19H2. The summed E-state index contributed by atoms with van der Waals surface area (Å²) in [6.45, 7) is 2.32. The molecule has 1 amide bonds. The molecule has 4 rings (SSSR count). The molecule has 2 aromatic carbocycles. The fourth-order valence-corrected chi connectivity index (χ4v) is 7.15. The number of rotatable bonds is 7. The summed E-state index contributed by atoms with van der Waals surface area (Å²) in [6, 6.07) is 13.9. The van der Waals surface area contributed by atoms with Gasteiger partial charge >= 0.3 is 0 Å². The molecule has 2 aliphatic rings. The van der Waals surface area contributed by atoms with Gasteiger partial charge in [0.1, 0.15) is 10.6 Å². The minimum absolute atomic E-state index is 0.0104. The Labute approximate surface area is 211 Å². The quantitative estimate of drug-likeness (QED) is 0.496.